The van der Waals surface area contributed by atoms with Crippen molar-refractivity contribution < 1.29 is 4.74 Å². The van der Waals surface area contributed by atoms with Crippen LogP contribution in [0.5, 0.6) is 5.88 Å². The zero-order chi connectivity index (χ0) is 16.6. The van der Waals surface area contributed by atoms with Gasteiger partial charge in [-0.3, -0.25) is 0 Å². The highest BCUT2D eigenvalue weighted by Gasteiger charge is 2.27. The number of rotatable bonds is 4. The Morgan fingerprint density at radius 3 is 2.65 bits per heavy atom. The van der Waals surface area contributed by atoms with Crippen LogP contribution in [0, 0.1) is 0 Å². The summed E-state index contributed by atoms with van der Waals surface area (Å²) in [7, 11) is 0. The van der Waals surface area contributed by atoms with E-state index in [9.17, 15) is 0 Å². The first kappa shape index (κ1) is 15.8. The first-order valence-corrected chi connectivity index (χ1v) is 8.46. The molecule has 5 nitrogen and oxygen atoms in total. The summed E-state index contributed by atoms with van der Waals surface area (Å²) in [4.78, 5) is 4.52. The zero-order valence-electron chi connectivity index (χ0n) is 14.6. The number of aromatic nitrogens is 3. The highest BCUT2D eigenvalue weighted by molar-refractivity contribution is 5.66. The molecule has 0 aliphatic carbocycles. The Morgan fingerprint density at radius 2 is 2.04 bits per heavy atom. The molecule has 0 saturated heterocycles. The number of hydrogen-bond donors (Lipinski definition) is 1. The summed E-state index contributed by atoms with van der Waals surface area (Å²) in [6, 6.07) is 4.47. The van der Waals surface area contributed by atoms with E-state index in [0.717, 1.165) is 35.9 Å². The molecule has 0 amide bonds. The second kappa shape index (κ2) is 6.22. The Balaban J connectivity index is 1.99. The number of anilines is 1. The molecule has 3 heterocycles. The molecule has 2 aromatic heterocycles. The third kappa shape index (κ3) is 3.19. The van der Waals surface area contributed by atoms with E-state index in [4.69, 9.17) is 9.84 Å². The predicted molar refractivity (Wildman–Crippen MR) is 93.0 cm³/mol. The van der Waals surface area contributed by atoms with Gasteiger partial charge in [0.05, 0.1) is 6.10 Å². The molecule has 1 aliphatic rings. The van der Waals surface area contributed by atoms with Gasteiger partial charge in [0.25, 0.3) is 0 Å². The molecule has 0 bridgehead atoms. The predicted octanol–water partition coefficient (Wildman–Crippen LogP) is 4.06. The maximum Gasteiger partial charge on any atom is 0.216 e. The SMILES string of the molecule is CC(C)Nc1ccc(-c2nn3c(c2C(C)C)O[C@@H](C)CC3)cn1. The van der Waals surface area contributed by atoms with Crippen molar-refractivity contribution in [1.82, 2.24) is 14.8 Å². The topological polar surface area (TPSA) is 52.0 Å². The van der Waals surface area contributed by atoms with Gasteiger partial charge in [-0.1, -0.05) is 13.8 Å². The third-order valence-corrected chi connectivity index (χ3v) is 4.05. The first-order chi connectivity index (χ1) is 11.0. The molecular weight excluding hydrogens is 288 g/mol. The van der Waals surface area contributed by atoms with Crippen molar-refractivity contribution >= 4 is 5.82 Å². The fourth-order valence-electron chi connectivity index (χ4n) is 2.94. The molecule has 1 atom stereocenters. The van der Waals surface area contributed by atoms with Crippen LogP contribution < -0.4 is 10.1 Å². The lowest BCUT2D eigenvalue weighted by Gasteiger charge is -2.23. The standard InChI is InChI=1S/C18H26N4O/c1-11(2)16-17(21-22-9-8-13(5)23-18(16)22)14-6-7-15(19-10-14)20-12(3)4/h6-7,10-13H,8-9H2,1-5H3,(H,19,20)/t13-/m0/s1. The average molecular weight is 314 g/mol. The molecule has 0 aromatic carbocycles. The van der Waals surface area contributed by atoms with Crippen molar-refractivity contribution in [3.05, 3.63) is 23.9 Å². The molecule has 3 rings (SSSR count). The quantitative estimate of drug-likeness (QED) is 0.924. The average Bonchev–Trinajstić information content (AvgIpc) is 2.86. The Labute approximate surface area is 138 Å². The number of ether oxygens (including phenoxy) is 1. The maximum absolute atomic E-state index is 6.07. The van der Waals surface area contributed by atoms with E-state index in [1.165, 1.54) is 5.56 Å². The lowest BCUT2D eigenvalue weighted by molar-refractivity contribution is 0.147. The summed E-state index contributed by atoms with van der Waals surface area (Å²) >= 11 is 0. The van der Waals surface area contributed by atoms with E-state index >= 15 is 0 Å². The molecule has 0 saturated carbocycles. The summed E-state index contributed by atoms with van der Waals surface area (Å²) in [6.07, 6.45) is 3.15. The minimum atomic E-state index is 0.250. The lowest BCUT2D eigenvalue weighted by Crippen LogP contribution is -2.23. The van der Waals surface area contributed by atoms with Crippen molar-refractivity contribution in [3.63, 3.8) is 0 Å². The maximum atomic E-state index is 6.07. The third-order valence-electron chi connectivity index (χ3n) is 4.05. The van der Waals surface area contributed by atoms with E-state index in [0.29, 0.717) is 12.0 Å². The van der Waals surface area contributed by atoms with Crippen LogP contribution >= 0.6 is 0 Å². The normalized spacial score (nSPS) is 17.3. The van der Waals surface area contributed by atoms with Gasteiger partial charge in [-0.2, -0.15) is 5.10 Å². The van der Waals surface area contributed by atoms with Gasteiger partial charge in [0.15, 0.2) is 0 Å². The minimum Gasteiger partial charge on any atom is -0.475 e. The van der Waals surface area contributed by atoms with Crippen LogP contribution in [-0.4, -0.2) is 26.9 Å². The molecule has 1 aliphatic heterocycles. The van der Waals surface area contributed by atoms with Crippen LogP contribution in [-0.2, 0) is 6.54 Å². The van der Waals surface area contributed by atoms with E-state index in [1.54, 1.807) is 0 Å². The highest BCUT2D eigenvalue weighted by Crippen LogP contribution is 2.38. The van der Waals surface area contributed by atoms with Crippen LogP contribution in [0.25, 0.3) is 11.3 Å². The number of nitrogens with zero attached hydrogens (tertiary/aromatic N) is 3. The molecule has 0 spiro atoms. The zero-order valence-corrected chi connectivity index (χ0v) is 14.6. The van der Waals surface area contributed by atoms with Gasteiger partial charge in [-0.25, -0.2) is 9.67 Å². The Hall–Kier alpha value is -2.04. The fourth-order valence-corrected chi connectivity index (χ4v) is 2.94. The number of hydrogen-bond acceptors (Lipinski definition) is 4. The van der Waals surface area contributed by atoms with Crippen molar-refractivity contribution in [3.8, 4) is 17.1 Å². The summed E-state index contributed by atoms with van der Waals surface area (Å²) < 4.78 is 8.08. The van der Waals surface area contributed by atoms with Crippen molar-refractivity contribution in [2.45, 2.75) is 65.6 Å². The van der Waals surface area contributed by atoms with Gasteiger partial charge >= 0.3 is 0 Å². The molecule has 0 fully saturated rings. The van der Waals surface area contributed by atoms with Crippen molar-refractivity contribution in [2.75, 3.05) is 5.32 Å². The van der Waals surface area contributed by atoms with Crippen molar-refractivity contribution in [2.24, 2.45) is 0 Å². The molecule has 23 heavy (non-hydrogen) atoms. The summed E-state index contributed by atoms with van der Waals surface area (Å²) in [5, 5.41) is 8.11. The molecule has 0 radical (unpaired) electrons. The molecular formula is C18H26N4O. The number of fused-ring (bicyclic) bond motifs is 1. The van der Waals surface area contributed by atoms with Crippen LogP contribution in [0.4, 0.5) is 5.82 Å². The lowest BCUT2D eigenvalue weighted by atomic mass is 9.99. The Bertz CT molecular complexity index is 673. The van der Waals surface area contributed by atoms with Crippen LogP contribution in [0.15, 0.2) is 18.3 Å². The van der Waals surface area contributed by atoms with E-state index in [1.807, 2.05) is 16.9 Å². The number of aryl methyl sites for hydroxylation is 1. The molecule has 0 unspecified atom stereocenters. The molecule has 124 valence electrons. The first-order valence-electron chi connectivity index (χ1n) is 8.46. The molecule has 2 aromatic rings. The largest absolute Gasteiger partial charge is 0.475 e. The Kier molecular flexibility index (Phi) is 4.28. The van der Waals surface area contributed by atoms with Gasteiger partial charge in [-0.15, -0.1) is 0 Å². The van der Waals surface area contributed by atoms with E-state index in [2.05, 4.69) is 51.0 Å². The van der Waals surface area contributed by atoms with Crippen molar-refractivity contribution in [1.29, 1.82) is 0 Å². The smallest absolute Gasteiger partial charge is 0.216 e. The van der Waals surface area contributed by atoms with Gasteiger partial charge < -0.3 is 10.1 Å². The highest BCUT2D eigenvalue weighted by atomic mass is 16.5. The summed E-state index contributed by atoms with van der Waals surface area (Å²) in [6.45, 7) is 11.6. The fraction of sp³-hybridized carbons (Fsp3) is 0.556. The number of pyridine rings is 1. The van der Waals surface area contributed by atoms with Crippen LogP contribution in [0.1, 0.15) is 52.5 Å². The number of nitrogens with one attached hydrogen (secondary N) is 1. The van der Waals surface area contributed by atoms with Gasteiger partial charge in [-0.05, 0) is 38.8 Å². The van der Waals surface area contributed by atoms with E-state index < -0.39 is 0 Å². The second-order valence-electron chi connectivity index (χ2n) is 6.89. The van der Waals surface area contributed by atoms with Crippen LogP contribution in [0.3, 0.4) is 0 Å². The monoisotopic (exact) mass is 314 g/mol. The van der Waals surface area contributed by atoms with Crippen LogP contribution in [0.2, 0.25) is 0 Å². The summed E-state index contributed by atoms with van der Waals surface area (Å²) in [5.41, 5.74) is 3.22. The second-order valence-corrected chi connectivity index (χ2v) is 6.89. The minimum absolute atomic E-state index is 0.250. The molecule has 5 heteroatoms. The van der Waals surface area contributed by atoms with Gasteiger partial charge in [0, 0.05) is 36.3 Å². The summed E-state index contributed by atoms with van der Waals surface area (Å²) in [5.74, 6) is 2.18. The van der Waals surface area contributed by atoms with Gasteiger partial charge in [0.1, 0.15) is 11.5 Å². The molecule has 1 N–H and O–H groups in total. The van der Waals surface area contributed by atoms with E-state index in [-0.39, 0.29) is 6.10 Å². The van der Waals surface area contributed by atoms with Gasteiger partial charge in [0.2, 0.25) is 5.88 Å². The Morgan fingerprint density at radius 1 is 1.26 bits per heavy atom.